The van der Waals surface area contributed by atoms with Gasteiger partial charge in [0.25, 0.3) is 0 Å². The van der Waals surface area contributed by atoms with Crippen LogP contribution in [0.4, 0.5) is 0 Å². The molecule has 1 unspecified atom stereocenters. The van der Waals surface area contributed by atoms with Gasteiger partial charge in [0.2, 0.25) is 0 Å². The smallest absolute Gasteiger partial charge is 0.0839 e. The molecule has 0 spiro atoms. The Kier molecular flexibility index (Phi) is 5.77. The van der Waals surface area contributed by atoms with Gasteiger partial charge in [-0.1, -0.05) is 55.7 Å². The molecule has 2 nitrogen and oxygen atoms in total. The first-order valence-corrected chi connectivity index (χ1v) is 7.54. The molecule has 112 valence electrons. The van der Waals surface area contributed by atoms with Gasteiger partial charge < -0.3 is 5.11 Å². The van der Waals surface area contributed by atoms with E-state index in [1.54, 1.807) is 6.20 Å². The van der Waals surface area contributed by atoms with Crippen molar-refractivity contribution in [1.82, 2.24) is 4.98 Å². The monoisotopic (exact) mass is 303 g/mol. The van der Waals surface area contributed by atoms with E-state index in [-0.39, 0.29) is 18.5 Å². The summed E-state index contributed by atoms with van der Waals surface area (Å²) in [6.07, 6.45) is 7.46. The molecule has 1 heterocycles. The maximum Gasteiger partial charge on any atom is 0.0839 e. The normalized spacial score (nSPS) is 17.0. The van der Waals surface area contributed by atoms with Crippen molar-refractivity contribution < 1.29 is 5.11 Å². The topological polar surface area (TPSA) is 33.1 Å². The highest BCUT2D eigenvalue weighted by Crippen LogP contribution is 2.37. The van der Waals surface area contributed by atoms with Gasteiger partial charge in [-0.05, 0) is 24.8 Å². The maximum atomic E-state index is 10.7. The predicted molar refractivity (Wildman–Crippen MR) is 88.5 cm³/mol. The number of hydrogen-bond acceptors (Lipinski definition) is 2. The predicted octanol–water partition coefficient (Wildman–Crippen LogP) is 4.78. The number of benzene rings is 1. The summed E-state index contributed by atoms with van der Waals surface area (Å²) in [5.74, 6) is 0.385. The van der Waals surface area contributed by atoms with Crippen molar-refractivity contribution in [1.29, 1.82) is 0 Å². The molecule has 0 aliphatic heterocycles. The van der Waals surface area contributed by atoms with Crippen molar-refractivity contribution in [2.75, 3.05) is 0 Å². The van der Waals surface area contributed by atoms with Crippen LogP contribution in [0.1, 0.15) is 43.8 Å². The number of hydrogen-bond donors (Lipinski definition) is 1. The van der Waals surface area contributed by atoms with Gasteiger partial charge in [-0.15, -0.1) is 12.4 Å². The summed E-state index contributed by atoms with van der Waals surface area (Å²) in [5.41, 5.74) is 2.98. The Bertz CT molecular complexity index is 552. The van der Waals surface area contributed by atoms with Crippen LogP contribution >= 0.6 is 12.4 Å². The molecule has 1 atom stereocenters. The summed E-state index contributed by atoms with van der Waals surface area (Å²) in [4.78, 5) is 4.50. The van der Waals surface area contributed by atoms with Crippen LogP contribution in [-0.4, -0.2) is 10.1 Å². The van der Waals surface area contributed by atoms with Crippen LogP contribution in [0.3, 0.4) is 0 Å². The van der Waals surface area contributed by atoms with Crippen molar-refractivity contribution in [3.8, 4) is 11.3 Å². The standard InChI is InChI=1S/C18H21NO.ClH/c20-18(15-10-5-2-6-11-15)16-12-7-13-19-17(16)14-8-3-1-4-9-14;/h1,3-4,7-9,12-13,15,18,20H,2,5-6,10-11H2;1H. The van der Waals surface area contributed by atoms with Crippen LogP contribution < -0.4 is 0 Å². The van der Waals surface area contributed by atoms with E-state index in [0.717, 1.165) is 29.7 Å². The summed E-state index contributed by atoms with van der Waals surface area (Å²) in [7, 11) is 0. The van der Waals surface area contributed by atoms with Crippen molar-refractivity contribution in [3.63, 3.8) is 0 Å². The second kappa shape index (κ2) is 7.58. The summed E-state index contributed by atoms with van der Waals surface area (Å²) in [6, 6.07) is 14.1. The third-order valence-corrected chi connectivity index (χ3v) is 4.30. The number of pyridine rings is 1. The lowest BCUT2D eigenvalue weighted by Gasteiger charge is -2.27. The fraction of sp³-hybridized carbons (Fsp3) is 0.389. The summed E-state index contributed by atoms with van der Waals surface area (Å²) in [6.45, 7) is 0. The molecule has 1 aliphatic rings. The van der Waals surface area contributed by atoms with Crippen LogP contribution in [0.5, 0.6) is 0 Å². The molecule has 1 aromatic carbocycles. The number of aliphatic hydroxyl groups is 1. The van der Waals surface area contributed by atoms with E-state index in [1.165, 1.54) is 19.3 Å². The number of nitrogens with zero attached hydrogens (tertiary/aromatic N) is 1. The lowest BCUT2D eigenvalue weighted by atomic mass is 9.82. The Morgan fingerprint density at radius 2 is 1.67 bits per heavy atom. The molecule has 0 saturated heterocycles. The van der Waals surface area contributed by atoms with Crippen LogP contribution in [0.25, 0.3) is 11.3 Å². The lowest BCUT2D eigenvalue weighted by Crippen LogP contribution is -2.17. The largest absolute Gasteiger partial charge is 0.388 e. The van der Waals surface area contributed by atoms with Gasteiger partial charge in [0.05, 0.1) is 11.8 Å². The zero-order chi connectivity index (χ0) is 13.8. The Morgan fingerprint density at radius 1 is 0.952 bits per heavy atom. The molecule has 1 saturated carbocycles. The van der Waals surface area contributed by atoms with Gasteiger partial charge in [0, 0.05) is 17.3 Å². The van der Waals surface area contributed by atoms with Gasteiger partial charge >= 0.3 is 0 Å². The Morgan fingerprint density at radius 3 is 2.38 bits per heavy atom. The van der Waals surface area contributed by atoms with E-state index in [4.69, 9.17) is 0 Å². The average Bonchev–Trinajstić information content (AvgIpc) is 2.56. The van der Waals surface area contributed by atoms with E-state index < -0.39 is 0 Å². The molecule has 1 aromatic heterocycles. The van der Waals surface area contributed by atoms with Crippen molar-refractivity contribution >= 4 is 12.4 Å². The molecule has 0 amide bonds. The molecule has 1 N–H and O–H groups in total. The minimum atomic E-state index is -0.390. The van der Waals surface area contributed by atoms with Crippen molar-refractivity contribution in [3.05, 3.63) is 54.2 Å². The Labute approximate surface area is 132 Å². The second-order valence-electron chi connectivity index (χ2n) is 5.65. The highest BCUT2D eigenvalue weighted by Gasteiger charge is 2.25. The molecule has 3 rings (SSSR count). The highest BCUT2D eigenvalue weighted by atomic mass is 35.5. The van der Waals surface area contributed by atoms with Crippen LogP contribution in [0, 0.1) is 5.92 Å². The van der Waals surface area contributed by atoms with Gasteiger partial charge in [-0.2, -0.15) is 0 Å². The summed E-state index contributed by atoms with van der Waals surface area (Å²) < 4.78 is 0. The number of aliphatic hydroxyl groups excluding tert-OH is 1. The van der Waals surface area contributed by atoms with Gasteiger partial charge in [-0.25, -0.2) is 0 Å². The molecule has 3 heteroatoms. The molecule has 0 radical (unpaired) electrons. The van der Waals surface area contributed by atoms with E-state index in [9.17, 15) is 5.11 Å². The van der Waals surface area contributed by atoms with Gasteiger partial charge in [0.15, 0.2) is 0 Å². The quantitative estimate of drug-likeness (QED) is 0.885. The Hall–Kier alpha value is -1.38. The van der Waals surface area contributed by atoms with Crippen LogP contribution in [-0.2, 0) is 0 Å². The zero-order valence-electron chi connectivity index (χ0n) is 12.1. The SMILES string of the molecule is Cl.OC(c1cccnc1-c1ccccc1)C1CCCCC1. The summed E-state index contributed by atoms with van der Waals surface area (Å²) in [5, 5.41) is 10.7. The van der Waals surface area contributed by atoms with Gasteiger partial charge in [-0.3, -0.25) is 4.98 Å². The van der Waals surface area contributed by atoms with Crippen molar-refractivity contribution in [2.45, 2.75) is 38.2 Å². The number of aromatic nitrogens is 1. The lowest BCUT2D eigenvalue weighted by molar-refractivity contribution is 0.0850. The second-order valence-corrected chi connectivity index (χ2v) is 5.65. The average molecular weight is 304 g/mol. The third kappa shape index (κ3) is 3.63. The fourth-order valence-electron chi connectivity index (χ4n) is 3.20. The first kappa shape index (κ1) is 16.0. The van der Waals surface area contributed by atoms with Crippen LogP contribution in [0.2, 0.25) is 0 Å². The first-order chi connectivity index (χ1) is 9.86. The van der Waals surface area contributed by atoms with E-state index in [1.807, 2.05) is 30.3 Å². The molecule has 1 fully saturated rings. The zero-order valence-corrected chi connectivity index (χ0v) is 12.9. The maximum absolute atomic E-state index is 10.7. The number of rotatable bonds is 3. The molecule has 2 aromatic rings. The molecular formula is C18H22ClNO. The Balaban J connectivity index is 0.00000161. The van der Waals surface area contributed by atoms with Crippen LogP contribution in [0.15, 0.2) is 48.7 Å². The third-order valence-electron chi connectivity index (χ3n) is 4.30. The molecule has 0 bridgehead atoms. The van der Waals surface area contributed by atoms with E-state index in [0.29, 0.717) is 5.92 Å². The molecule has 21 heavy (non-hydrogen) atoms. The van der Waals surface area contributed by atoms with Gasteiger partial charge in [0.1, 0.15) is 0 Å². The highest BCUT2D eigenvalue weighted by molar-refractivity contribution is 5.85. The van der Waals surface area contributed by atoms with E-state index in [2.05, 4.69) is 17.1 Å². The first-order valence-electron chi connectivity index (χ1n) is 7.54. The minimum Gasteiger partial charge on any atom is -0.388 e. The van der Waals surface area contributed by atoms with E-state index >= 15 is 0 Å². The molecule has 1 aliphatic carbocycles. The fourth-order valence-corrected chi connectivity index (χ4v) is 3.20. The summed E-state index contributed by atoms with van der Waals surface area (Å²) >= 11 is 0. The number of halogens is 1. The minimum absolute atomic E-state index is 0. The molecular weight excluding hydrogens is 282 g/mol. The van der Waals surface area contributed by atoms with Crippen molar-refractivity contribution in [2.24, 2.45) is 5.92 Å².